The fourth-order valence-electron chi connectivity index (χ4n) is 3.08. The van der Waals surface area contributed by atoms with E-state index in [1.54, 1.807) is 16.4 Å². The summed E-state index contributed by atoms with van der Waals surface area (Å²) in [6.07, 6.45) is 0.944. The van der Waals surface area contributed by atoms with Gasteiger partial charge in [0.1, 0.15) is 0 Å². The summed E-state index contributed by atoms with van der Waals surface area (Å²) < 4.78 is 27.0. The summed E-state index contributed by atoms with van der Waals surface area (Å²) in [5, 5.41) is 3.33. The third-order valence-electron chi connectivity index (χ3n) is 4.33. The number of nitrogens with one attached hydrogen (secondary N) is 1. The highest BCUT2D eigenvalue weighted by Crippen LogP contribution is 2.30. The van der Waals surface area contributed by atoms with Gasteiger partial charge in [0.15, 0.2) is 0 Å². The number of nitrogens with zero attached hydrogens (tertiary/aromatic N) is 1. The number of hydrogen-bond acceptors (Lipinski definition) is 3. The van der Waals surface area contributed by atoms with Crippen LogP contribution in [0.2, 0.25) is 0 Å². The van der Waals surface area contributed by atoms with Crippen molar-refractivity contribution in [1.29, 1.82) is 0 Å². The first-order chi connectivity index (χ1) is 9.28. The Morgan fingerprint density at radius 2 is 1.85 bits per heavy atom. The maximum Gasteiger partial charge on any atom is 0.243 e. The SMILES string of the molecule is CC(C)(C)c1ccc(S(=O)(=O)N2C[C@@H]3C[C@H]2CN3)cc1. The monoisotopic (exact) mass is 294 g/mol. The third kappa shape index (κ3) is 2.28. The Morgan fingerprint density at radius 3 is 2.30 bits per heavy atom. The molecule has 2 bridgehead atoms. The van der Waals surface area contributed by atoms with Crippen molar-refractivity contribution in [1.82, 2.24) is 9.62 Å². The van der Waals surface area contributed by atoms with Gasteiger partial charge in [-0.1, -0.05) is 32.9 Å². The van der Waals surface area contributed by atoms with Crippen molar-refractivity contribution in [2.75, 3.05) is 13.1 Å². The molecule has 0 spiro atoms. The highest BCUT2D eigenvalue weighted by molar-refractivity contribution is 7.89. The molecule has 1 aromatic rings. The second-order valence-electron chi connectivity index (χ2n) is 6.84. The molecule has 3 rings (SSSR count). The van der Waals surface area contributed by atoms with Crippen molar-refractivity contribution in [3.05, 3.63) is 29.8 Å². The van der Waals surface area contributed by atoms with Crippen LogP contribution in [0.5, 0.6) is 0 Å². The quantitative estimate of drug-likeness (QED) is 0.903. The van der Waals surface area contributed by atoms with Gasteiger partial charge in [-0.2, -0.15) is 4.31 Å². The molecule has 0 aliphatic carbocycles. The van der Waals surface area contributed by atoms with Crippen molar-refractivity contribution < 1.29 is 8.42 Å². The minimum atomic E-state index is -3.34. The Kier molecular flexibility index (Phi) is 3.19. The van der Waals surface area contributed by atoms with Crippen LogP contribution in [0.15, 0.2) is 29.2 Å². The first kappa shape index (κ1) is 14.0. The van der Waals surface area contributed by atoms with Crippen LogP contribution in [0.4, 0.5) is 0 Å². The predicted octanol–water partition coefficient (Wildman–Crippen LogP) is 1.72. The van der Waals surface area contributed by atoms with Gasteiger partial charge < -0.3 is 5.32 Å². The van der Waals surface area contributed by atoms with Crippen LogP contribution < -0.4 is 5.32 Å². The molecule has 0 saturated carbocycles. The molecule has 2 aliphatic heterocycles. The summed E-state index contributed by atoms with van der Waals surface area (Å²) in [4.78, 5) is 0.415. The highest BCUT2D eigenvalue weighted by atomic mass is 32.2. The zero-order valence-corrected chi connectivity index (χ0v) is 13.1. The lowest BCUT2D eigenvalue weighted by Crippen LogP contribution is -2.46. The molecule has 110 valence electrons. The second-order valence-corrected chi connectivity index (χ2v) is 8.73. The summed E-state index contributed by atoms with van der Waals surface area (Å²) >= 11 is 0. The lowest BCUT2D eigenvalue weighted by Gasteiger charge is -2.27. The van der Waals surface area contributed by atoms with Gasteiger partial charge in [0, 0.05) is 25.2 Å². The second kappa shape index (κ2) is 4.55. The Bertz CT molecular complexity index is 602. The molecule has 5 heteroatoms. The smallest absolute Gasteiger partial charge is 0.243 e. The van der Waals surface area contributed by atoms with Gasteiger partial charge in [-0.05, 0) is 29.5 Å². The molecule has 20 heavy (non-hydrogen) atoms. The number of fused-ring (bicyclic) bond motifs is 2. The van der Waals surface area contributed by atoms with Crippen molar-refractivity contribution in [2.24, 2.45) is 0 Å². The van der Waals surface area contributed by atoms with Crippen LogP contribution in [0.25, 0.3) is 0 Å². The zero-order valence-electron chi connectivity index (χ0n) is 12.3. The molecular weight excluding hydrogens is 272 g/mol. The minimum absolute atomic E-state index is 0.0406. The van der Waals surface area contributed by atoms with Gasteiger partial charge in [-0.15, -0.1) is 0 Å². The maximum absolute atomic E-state index is 12.7. The van der Waals surface area contributed by atoms with E-state index >= 15 is 0 Å². The summed E-state index contributed by atoms with van der Waals surface area (Å²) in [5.41, 5.74) is 1.19. The molecule has 1 aromatic carbocycles. The van der Waals surface area contributed by atoms with Crippen LogP contribution in [0.3, 0.4) is 0 Å². The summed E-state index contributed by atoms with van der Waals surface area (Å²) in [6.45, 7) is 7.77. The number of piperazine rings is 1. The number of rotatable bonds is 2. The molecule has 1 N–H and O–H groups in total. The van der Waals surface area contributed by atoms with Gasteiger partial charge in [0.25, 0.3) is 0 Å². The lowest BCUT2D eigenvalue weighted by molar-refractivity contribution is 0.349. The molecule has 0 unspecified atom stereocenters. The summed E-state index contributed by atoms with van der Waals surface area (Å²) in [7, 11) is -3.34. The number of sulfonamides is 1. The summed E-state index contributed by atoms with van der Waals surface area (Å²) in [5.74, 6) is 0. The third-order valence-corrected chi connectivity index (χ3v) is 6.27. The average molecular weight is 294 g/mol. The van der Waals surface area contributed by atoms with E-state index in [-0.39, 0.29) is 11.5 Å². The topological polar surface area (TPSA) is 49.4 Å². The van der Waals surface area contributed by atoms with Gasteiger partial charge >= 0.3 is 0 Å². The predicted molar refractivity (Wildman–Crippen MR) is 79.2 cm³/mol. The van der Waals surface area contributed by atoms with Crippen molar-refractivity contribution in [3.8, 4) is 0 Å². The molecular formula is C15H22N2O2S. The van der Waals surface area contributed by atoms with E-state index in [2.05, 4.69) is 26.1 Å². The van der Waals surface area contributed by atoms with Crippen molar-refractivity contribution in [3.63, 3.8) is 0 Å². The summed E-state index contributed by atoms with van der Waals surface area (Å²) in [6, 6.07) is 7.82. The zero-order chi connectivity index (χ0) is 14.5. The molecule has 0 amide bonds. The Morgan fingerprint density at radius 1 is 1.20 bits per heavy atom. The van der Waals surface area contributed by atoms with E-state index in [0.717, 1.165) is 18.5 Å². The van der Waals surface area contributed by atoms with E-state index < -0.39 is 10.0 Å². The molecule has 2 atom stereocenters. The largest absolute Gasteiger partial charge is 0.311 e. The molecule has 2 fully saturated rings. The Balaban J connectivity index is 1.88. The van der Waals surface area contributed by atoms with Crippen LogP contribution in [0, 0.1) is 0 Å². The van der Waals surface area contributed by atoms with Gasteiger partial charge in [0.05, 0.1) is 4.90 Å². The molecule has 4 nitrogen and oxygen atoms in total. The Labute approximate surface area is 121 Å². The average Bonchev–Trinajstić information content (AvgIpc) is 3.00. The molecule has 2 heterocycles. The van der Waals surface area contributed by atoms with E-state index in [1.165, 1.54) is 0 Å². The van der Waals surface area contributed by atoms with Gasteiger partial charge in [-0.25, -0.2) is 8.42 Å². The van der Waals surface area contributed by atoms with E-state index in [0.29, 0.717) is 17.5 Å². The van der Waals surface area contributed by atoms with Crippen molar-refractivity contribution in [2.45, 2.75) is 49.6 Å². The molecule has 2 saturated heterocycles. The first-order valence-electron chi connectivity index (χ1n) is 7.14. The minimum Gasteiger partial charge on any atom is -0.311 e. The van der Waals surface area contributed by atoms with Crippen LogP contribution >= 0.6 is 0 Å². The van der Waals surface area contributed by atoms with Crippen LogP contribution in [-0.2, 0) is 15.4 Å². The number of benzene rings is 1. The van der Waals surface area contributed by atoms with Crippen LogP contribution in [0.1, 0.15) is 32.8 Å². The number of hydrogen-bond donors (Lipinski definition) is 1. The van der Waals surface area contributed by atoms with Gasteiger partial charge in [0.2, 0.25) is 10.0 Å². The Hall–Kier alpha value is -0.910. The molecule has 0 radical (unpaired) electrons. The van der Waals surface area contributed by atoms with E-state index in [9.17, 15) is 8.42 Å². The highest BCUT2D eigenvalue weighted by Gasteiger charge is 2.44. The molecule has 0 aromatic heterocycles. The molecule has 2 aliphatic rings. The first-order valence-corrected chi connectivity index (χ1v) is 8.58. The lowest BCUT2D eigenvalue weighted by atomic mass is 9.87. The fraction of sp³-hybridized carbons (Fsp3) is 0.600. The van der Waals surface area contributed by atoms with Crippen molar-refractivity contribution >= 4 is 10.0 Å². The standard InChI is InChI=1S/C15H22N2O2S/c1-15(2,3)11-4-6-14(7-5-11)20(18,19)17-10-12-8-13(17)9-16-12/h4-7,12-13,16H,8-10H2,1-3H3/t12-,13-/m0/s1. The maximum atomic E-state index is 12.7. The van der Waals surface area contributed by atoms with Gasteiger partial charge in [-0.3, -0.25) is 0 Å². The fourth-order valence-corrected chi connectivity index (χ4v) is 4.76. The van der Waals surface area contributed by atoms with E-state index in [1.807, 2.05) is 12.1 Å². The normalized spacial score (nSPS) is 27.1. The van der Waals surface area contributed by atoms with E-state index in [4.69, 9.17) is 0 Å². The van der Waals surface area contributed by atoms with Crippen LogP contribution in [-0.4, -0.2) is 37.9 Å².